The molecule has 0 unspecified atom stereocenters. The van der Waals surface area contributed by atoms with Crippen molar-refractivity contribution in [1.29, 1.82) is 0 Å². The Morgan fingerprint density at radius 2 is 1.64 bits per heavy atom. The fourth-order valence-electron chi connectivity index (χ4n) is 2.48. The number of halogens is 6. The smallest absolute Gasteiger partial charge is 0.323 e. The van der Waals surface area contributed by atoms with Gasteiger partial charge in [0.1, 0.15) is 11.3 Å². The molecular formula is C16H11F6N3O2S. The van der Waals surface area contributed by atoms with Gasteiger partial charge >= 0.3 is 12.4 Å². The number of nitrogens with one attached hydrogen (secondary N) is 1. The second kappa shape index (κ2) is 6.47. The fourth-order valence-corrected chi connectivity index (χ4v) is 3.60. The van der Waals surface area contributed by atoms with Crippen LogP contribution in [0.4, 0.5) is 26.3 Å². The van der Waals surface area contributed by atoms with Crippen LogP contribution < -0.4 is 0 Å². The van der Waals surface area contributed by atoms with E-state index in [1.165, 1.54) is 6.92 Å². The molecule has 12 heteroatoms. The summed E-state index contributed by atoms with van der Waals surface area (Å²) in [6, 6.07) is 2.77. The lowest BCUT2D eigenvalue weighted by molar-refractivity contribution is -0.138. The highest BCUT2D eigenvalue weighted by atomic mass is 32.2. The van der Waals surface area contributed by atoms with Gasteiger partial charge in [-0.2, -0.15) is 26.3 Å². The maximum absolute atomic E-state index is 13.0. The molecule has 0 aliphatic heterocycles. The van der Waals surface area contributed by atoms with Crippen molar-refractivity contribution in [2.45, 2.75) is 24.2 Å². The first-order chi connectivity index (χ1) is 12.8. The lowest BCUT2D eigenvalue weighted by atomic mass is 10.1. The topological polar surface area (TPSA) is 75.7 Å². The summed E-state index contributed by atoms with van der Waals surface area (Å²) < 4.78 is 102. The van der Waals surface area contributed by atoms with Crippen molar-refractivity contribution in [2.24, 2.45) is 0 Å². The van der Waals surface area contributed by atoms with Crippen molar-refractivity contribution < 1.29 is 34.8 Å². The number of pyridine rings is 1. The van der Waals surface area contributed by atoms with Gasteiger partial charge in [-0.1, -0.05) is 6.92 Å². The maximum atomic E-state index is 13.0. The Balaban J connectivity index is 2.23. The van der Waals surface area contributed by atoms with Gasteiger partial charge < -0.3 is 4.98 Å². The summed E-state index contributed by atoms with van der Waals surface area (Å²) in [7, 11) is -4.09. The van der Waals surface area contributed by atoms with E-state index in [4.69, 9.17) is 0 Å². The van der Waals surface area contributed by atoms with Crippen LogP contribution in [0.2, 0.25) is 0 Å². The number of sulfone groups is 1. The number of rotatable bonds is 3. The van der Waals surface area contributed by atoms with Crippen molar-refractivity contribution in [3.05, 3.63) is 41.6 Å². The molecule has 5 nitrogen and oxygen atoms in total. The normalized spacial score (nSPS) is 13.2. The zero-order chi connectivity index (χ0) is 20.9. The second-order valence-corrected chi connectivity index (χ2v) is 8.03. The first-order valence-corrected chi connectivity index (χ1v) is 9.35. The monoisotopic (exact) mass is 423 g/mol. The number of hydrogen-bond donors (Lipinski definition) is 1. The number of nitrogens with zero attached hydrogens (tertiary/aromatic N) is 2. The molecule has 0 atom stereocenters. The van der Waals surface area contributed by atoms with E-state index in [9.17, 15) is 34.8 Å². The molecule has 0 fully saturated rings. The number of hydrogen-bond acceptors (Lipinski definition) is 4. The Bertz CT molecular complexity index is 1150. The molecule has 0 saturated carbocycles. The lowest BCUT2D eigenvalue weighted by Crippen LogP contribution is -2.11. The van der Waals surface area contributed by atoms with Crippen molar-refractivity contribution in [3.8, 4) is 11.4 Å². The van der Waals surface area contributed by atoms with Gasteiger partial charge in [0, 0.05) is 11.8 Å². The lowest BCUT2D eigenvalue weighted by Gasteiger charge is -2.12. The van der Waals surface area contributed by atoms with E-state index in [1.54, 1.807) is 0 Å². The number of aromatic amines is 1. The minimum atomic E-state index is -4.77. The molecule has 150 valence electrons. The van der Waals surface area contributed by atoms with E-state index < -0.39 is 44.0 Å². The molecule has 0 saturated heterocycles. The number of aromatic nitrogens is 3. The minimum Gasteiger partial charge on any atom is -0.323 e. The highest BCUT2D eigenvalue weighted by molar-refractivity contribution is 7.91. The van der Waals surface area contributed by atoms with E-state index in [-0.39, 0.29) is 22.6 Å². The van der Waals surface area contributed by atoms with E-state index in [0.29, 0.717) is 24.4 Å². The molecule has 1 aromatic carbocycles. The molecule has 0 aliphatic carbocycles. The third kappa shape index (κ3) is 3.68. The van der Waals surface area contributed by atoms with Crippen LogP contribution in [0.15, 0.2) is 35.4 Å². The Morgan fingerprint density at radius 3 is 2.21 bits per heavy atom. The van der Waals surface area contributed by atoms with E-state index in [1.807, 2.05) is 0 Å². The highest BCUT2D eigenvalue weighted by Crippen LogP contribution is 2.36. The molecule has 28 heavy (non-hydrogen) atoms. The predicted octanol–water partition coefficient (Wildman–Crippen LogP) is 4.46. The summed E-state index contributed by atoms with van der Waals surface area (Å²) in [5.74, 6) is -0.680. The molecule has 0 spiro atoms. The minimum absolute atomic E-state index is 0.0669. The Labute approximate surface area is 154 Å². The van der Waals surface area contributed by atoms with Crippen LogP contribution in [0, 0.1) is 0 Å². The third-order valence-corrected chi connectivity index (χ3v) is 5.71. The molecular weight excluding hydrogens is 412 g/mol. The van der Waals surface area contributed by atoms with Crippen LogP contribution in [-0.2, 0) is 22.2 Å². The number of alkyl halides is 6. The summed E-state index contributed by atoms with van der Waals surface area (Å²) in [4.78, 5) is 9.41. The zero-order valence-electron chi connectivity index (χ0n) is 14.0. The molecule has 0 amide bonds. The fraction of sp³-hybridized carbons (Fsp3) is 0.250. The van der Waals surface area contributed by atoms with Crippen LogP contribution in [0.3, 0.4) is 0 Å². The first kappa shape index (κ1) is 20.1. The summed E-state index contributed by atoms with van der Waals surface area (Å²) >= 11 is 0. The molecule has 3 aromatic rings. The average molecular weight is 423 g/mol. The van der Waals surface area contributed by atoms with Gasteiger partial charge in [0.15, 0.2) is 15.5 Å². The van der Waals surface area contributed by atoms with Crippen molar-refractivity contribution >= 4 is 21.0 Å². The first-order valence-electron chi connectivity index (χ1n) is 7.70. The Kier molecular flexibility index (Phi) is 4.64. The zero-order valence-corrected chi connectivity index (χ0v) is 14.8. The van der Waals surface area contributed by atoms with E-state index in [0.717, 1.165) is 6.07 Å². The van der Waals surface area contributed by atoms with Gasteiger partial charge in [-0.15, -0.1) is 0 Å². The van der Waals surface area contributed by atoms with Crippen molar-refractivity contribution in [1.82, 2.24) is 15.0 Å². The van der Waals surface area contributed by atoms with Crippen molar-refractivity contribution in [2.75, 3.05) is 5.75 Å². The van der Waals surface area contributed by atoms with E-state index >= 15 is 0 Å². The molecule has 2 heterocycles. The maximum Gasteiger partial charge on any atom is 0.417 e. The Hall–Kier alpha value is -2.63. The molecule has 3 rings (SSSR count). The van der Waals surface area contributed by atoms with Crippen LogP contribution >= 0.6 is 0 Å². The number of fused-ring (bicyclic) bond motifs is 1. The predicted molar refractivity (Wildman–Crippen MR) is 87.1 cm³/mol. The van der Waals surface area contributed by atoms with Gasteiger partial charge in [0.05, 0.1) is 21.8 Å². The van der Waals surface area contributed by atoms with Crippen LogP contribution in [0.1, 0.15) is 18.1 Å². The number of imidazole rings is 1. The van der Waals surface area contributed by atoms with Crippen molar-refractivity contribution in [3.63, 3.8) is 0 Å². The van der Waals surface area contributed by atoms with E-state index in [2.05, 4.69) is 15.0 Å². The van der Waals surface area contributed by atoms with Gasteiger partial charge in [-0.05, 0) is 24.3 Å². The third-order valence-electron chi connectivity index (χ3n) is 3.94. The summed E-state index contributed by atoms with van der Waals surface area (Å²) in [5.41, 5.74) is -2.70. The molecule has 0 radical (unpaired) electrons. The molecule has 2 aromatic heterocycles. The summed E-state index contributed by atoms with van der Waals surface area (Å²) in [6.45, 7) is 1.26. The number of H-pyrrole nitrogens is 1. The SMILES string of the molecule is CCS(=O)(=O)c1cc(C(F)(F)F)ccc1-c1nc2cc(C(F)(F)F)cnc2[nH]1. The average Bonchev–Trinajstić information content (AvgIpc) is 3.02. The van der Waals surface area contributed by atoms with Crippen LogP contribution in [-0.4, -0.2) is 29.1 Å². The standard InChI is InChI=1S/C16H11F6N3O2S/c1-2-28(26,27)12-6-8(15(17,18)19)3-4-10(12)13-24-11-5-9(16(20,21)22)7-23-14(11)25-13/h3-7H,2H2,1H3,(H,23,24,25). The second-order valence-electron chi connectivity index (χ2n) is 5.79. The van der Waals surface area contributed by atoms with Gasteiger partial charge in [-0.3, -0.25) is 0 Å². The molecule has 1 N–H and O–H groups in total. The van der Waals surface area contributed by atoms with Gasteiger partial charge in [0.2, 0.25) is 0 Å². The van der Waals surface area contributed by atoms with Gasteiger partial charge in [0.25, 0.3) is 0 Å². The number of benzene rings is 1. The molecule has 0 bridgehead atoms. The van der Waals surface area contributed by atoms with Crippen LogP contribution in [0.25, 0.3) is 22.6 Å². The summed E-state index contributed by atoms with van der Waals surface area (Å²) in [6.07, 6.45) is -8.86. The largest absolute Gasteiger partial charge is 0.417 e. The quantitative estimate of drug-likeness (QED) is 0.632. The molecule has 0 aliphatic rings. The Morgan fingerprint density at radius 1 is 1.00 bits per heavy atom. The highest BCUT2D eigenvalue weighted by Gasteiger charge is 2.34. The van der Waals surface area contributed by atoms with Gasteiger partial charge in [-0.25, -0.2) is 18.4 Å². The summed E-state index contributed by atoms with van der Waals surface area (Å²) in [5, 5.41) is 0. The van der Waals surface area contributed by atoms with Crippen LogP contribution in [0.5, 0.6) is 0 Å².